The summed E-state index contributed by atoms with van der Waals surface area (Å²) < 4.78 is 13.0. The van der Waals surface area contributed by atoms with Crippen LogP contribution in [-0.2, 0) is 6.54 Å². The van der Waals surface area contributed by atoms with Gasteiger partial charge in [0.15, 0.2) is 0 Å². The molecule has 1 unspecified atom stereocenters. The van der Waals surface area contributed by atoms with Gasteiger partial charge in [0, 0.05) is 18.7 Å². The Kier molecular flexibility index (Phi) is 5.98. The van der Waals surface area contributed by atoms with Crippen LogP contribution in [0.1, 0.15) is 45.1 Å². The number of aromatic hydroxyl groups is 1. The van der Waals surface area contributed by atoms with Crippen molar-refractivity contribution < 1.29 is 9.50 Å². The summed E-state index contributed by atoms with van der Waals surface area (Å²) in [5.74, 6) is -0.402. The van der Waals surface area contributed by atoms with Crippen molar-refractivity contribution in [3.05, 3.63) is 29.6 Å². The van der Waals surface area contributed by atoms with E-state index in [9.17, 15) is 9.50 Å². The summed E-state index contributed by atoms with van der Waals surface area (Å²) in [6.45, 7) is 4.92. The Morgan fingerprint density at radius 2 is 2.06 bits per heavy atom. The molecule has 0 spiro atoms. The van der Waals surface area contributed by atoms with Gasteiger partial charge in [-0.25, -0.2) is 4.39 Å². The second-order valence-corrected chi connectivity index (χ2v) is 4.60. The molecule has 0 fully saturated rings. The summed E-state index contributed by atoms with van der Waals surface area (Å²) in [4.78, 5) is 0. The van der Waals surface area contributed by atoms with Crippen molar-refractivity contribution in [3.63, 3.8) is 0 Å². The highest BCUT2D eigenvalue weighted by Gasteiger charge is 2.03. The van der Waals surface area contributed by atoms with E-state index < -0.39 is 0 Å². The molecule has 0 amide bonds. The van der Waals surface area contributed by atoms with Crippen molar-refractivity contribution in [1.29, 1.82) is 0 Å². The Morgan fingerprint density at radius 3 is 2.71 bits per heavy atom. The van der Waals surface area contributed by atoms with Crippen molar-refractivity contribution in [3.8, 4) is 5.75 Å². The number of hydrogen-bond donors (Lipinski definition) is 2. The van der Waals surface area contributed by atoms with Crippen LogP contribution in [-0.4, -0.2) is 11.1 Å². The molecule has 1 atom stereocenters. The van der Waals surface area contributed by atoms with E-state index in [1.54, 1.807) is 6.07 Å². The van der Waals surface area contributed by atoms with E-state index in [2.05, 4.69) is 19.2 Å². The molecule has 0 aromatic heterocycles. The molecule has 2 N–H and O–H groups in total. The van der Waals surface area contributed by atoms with Crippen LogP contribution in [0.2, 0.25) is 0 Å². The maximum absolute atomic E-state index is 13.0. The van der Waals surface area contributed by atoms with E-state index in [1.165, 1.54) is 25.3 Å². The summed E-state index contributed by atoms with van der Waals surface area (Å²) in [7, 11) is 0. The van der Waals surface area contributed by atoms with E-state index >= 15 is 0 Å². The average molecular weight is 239 g/mol. The molecule has 0 heterocycles. The van der Waals surface area contributed by atoms with Gasteiger partial charge in [0.2, 0.25) is 0 Å². The first kappa shape index (κ1) is 14.0. The maximum Gasteiger partial charge on any atom is 0.127 e. The Balaban J connectivity index is 2.34. The largest absolute Gasteiger partial charge is 0.508 e. The fourth-order valence-electron chi connectivity index (χ4n) is 1.83. The monoisotopic (exact) mass is 239 g/mol. The van der Waals surface area contributed by atoms with Crippen LogP contribution in [0.15, 0.2) is 18.2 Å². The lowest BCUT2D eigenvalue weighted by Crippen LogP contribution is -2.25. The van der Waals surface area contributed by atoms with Gasteiger partial charge < -0.3 is 10.4 Å². The van der Waals surface area contributed by atoms with Crippen molar-refractivity contribution in [1.82, 2.24) is 5.32 Å². The third-order valence-electron chi connectivity index (χ3n) is 2.84. The molecule has 0 radical (unpaired) electrons. The van der Waals surface area contributed by atoms with Gasteiger partial charge in [-0.1, -0.05) is 26.2 Å². The van der Waals surface area contributed by atoms with Crippen LogP contribution in [0.3, 0.4) is 0 Å². The number of rotatable bonds is 7. The van der Waals surface area contributed by atoms with Crippen LogP contribution in [0, 0.1) is 5.82 Å². The van der Waals surface area contributed by atoms with Crippen molar-refractivity contribution >= 4 is 0 Å². The molecule has 3 heteroatoms. The number of benzene rings is 1. The smallest absolute Gasteiger partial charge is 0.127 e. The Morgan fingerprint density at radius 1 is 1.29 bits per heavy atom. The molecule has 0 aliphatic carbocycles. The van der Waals surface area contributed by atoms with Crippen molar-refractivity contribution in [2.75, 3.05) is 0 Å². The molecule has 0 bridgehead atoms. The van der Waals surface area contributed by atoms with E-state index in [0.717, 1.165) is 18.1 Å². The topological polar surface area (TPSA) is 32.3 Å². The zero-order valence-corrected chi connectivity index (χ0v) is 10.7. The summed E-state index contributed by atoms with van der Waals surface area (Å²) >= 11 is 0. The van der Waals surface area contributed by atoms with E-state index in [-0.39, 0.29) is 11.6 Å². The highest BCUT2D eigenvalue weighted by molar-refractivity contribution is 5.28. The predicted molar refractivity (Wildman–Crippen MR) is 68.5 cm³/mol. The summed E-state index contributed by atoms with van der Waals surface area (Å²) in [6.07, 6.45) is 4.84. The Labute approximate surface area is 103 Å². The number of nitrogens with one attached hydrogen (secondary N) is 1. The lowest BCUT2D eigenvalue weighted by Gasteiger charge is -2.13. The number of phenols is 1. The second-order valence-electron chi connectivity index (χ2n) is 4.60. The molecule has 96 valence electrons. The minimum Gasteiger partial charge on any atom is -0.508 e. The SMILES string of the molecule is CCCCCC(C)NCc1cc(O)cc(F)c1. The highest BCUT2D eigenvalue weighted by Crippen LogP contribution is 2.14. The molecule has 1 aromatic rings. The first-order chi connectivity index (χ1) is 8.11. The van der Waals surface area contributed by atoms with Gasteiger partial charge in [0.1, 0.15) is 11.6 Å². The van der Waals surface area contributed by atoms with Crippen LogP contribution < -0.4 is 5.32 Å². The summed E-state index contributed by atoms with van der Waals surface area (Å²) in [6, 6.07) is 4.58. The molecule has 1 aromatic carbocycles. The van der Waals surface area contributed by atoms with E-state index in [4.69, 9.17) is 0 Å². The molecule has 0 saturated heterocycles. The fourth-order valence-corrected chi connectivity index (χ4v) is 1.83. The minimum absolute atomic E-state index is 0.0135. The molecule has 1 rings (SSSR count). The lowest BCUT2D eigenvalue weighted by atomic mass is 10.1. The van der Waals surface area contributed by atoms with Gasteiger partial charge in [-0.15, -0.1) is 0 Å². The van der Waals surface area contributed by atoms with Crippen LogP contribution in [0.25, 0.3) is 0 Å². The molecular formula is C14H22FNO. The van der Waals surface area contributed by atoms with Gasteiger partial charge in [-0.2, -0.15) is 0 Å². The molecular weight excluding hydrogens is 217 g/mol. The van der Waals surface area contributed by atoms with Gasteiger partial charge in [-0.05, 0) is 31.0 Å². The molecule has 0 aliphatic rings. The van der Waals surface area contributed by atoms with Crippen molar-refractivity contribution in [2.45, 2.75) is 52.1 Å². The third kappa shape index (κ3) is 5.68. The number of unbranched alkanes of at least 4 members (excludes halogenated alkanes) is 2. The van der Waals surface area contributed by atoms with E-state index in [0.29, 0.717) is 12.6 Å². The average Bonchev–Trinajstić information content (AvgIpc) is 2.25. The summed E-state index contributed by atoms with van der Waals surface area (Å²) in [5, 5.41) is 12.6. The van der Waals surface area contributed by atoms with Crippen LogP contribution in [0.5, 0.6) is 5.75 Å². The van der Waals surface area contributed by atoms with Gasteiger partial charge >= 0.3 is 0 Å². The predicted octanol–water partition coefficient (Wildman–Crippen LogP) is 3.59. The van der Waals surface area contributed by atoms with Gasteiger partial charge in [0.25, 0.3) is 0 Å². The fraction of sp³-hybridized carbons (Fsp3) is 0.571. The highest BCUT2D eigenvalue weighted by atomic mass is 19.1. The lowest BCUT2D eigenvalue weighted by molar-refractivity contribution is 0.463. The minimum atomic E-state index is -0.388. The molecule has 17 heavy (non-hydrogen) atoms. The van der Waals surface area contributed by atoms with Crippen molar-refractivity contribution in [2.24, 2.45) is 0 Å². The maximum atomic E-state index is 13.0. The van der Waals surface area contributed by atoms with Gasteiger partial charge in [-0.3, -0.25) is 0 Å². The summed E-state index contributed by atoms with van der Waals surface area (Å²) in [5.41, 5.74) is 0.782. The second kappa shape index (κ2) is 7.28. The number of phenolic OH excluding ortho intramolecular Hbond substituents is 1. The zero-order valence-electron chi connectivity index (χ0n) is 10.7. The Bertz CT molecular complexity index is 321. The first-order valence-corrected chi connectivity index (χ1v) is 6.33. The Hall–Kier alpha value is -1.09. The standard InChI is InChI=1S/C14H22FNO/c1-3-4-5-6-11(2)16-10-12-7-13(15)9-14(17)8-12/h7-9,11,16-17H,3-6,10H2,1-2H3. The molecule has 0 aliphatic heterocycles. The van der Waals surface area contributed by atoms with Crippen LogP contribution >= 0.6 is 0 Å². The number of hydrogen-bond acceptors (Lipinski definition) is 2. The first-order valence-electron chi connectivity index (χ1n) is 6.33. The molecule has 0 saturated carbocycles. The van der Waals surface area contributed by atoms with Crippen LogP contribution in [0.4, 0.5) is 4.39 Å². The van der Waals surface area contributed by atoms with E-state index in [1.807, 2.05) is 0 Å². The normalized spacial score (nSPS) is 12.6. The molecule has 2 nitrogen and oxygen atoms in total. The zero-order chi connectivity index (χ0) is 12.7. The quantitative estimate of drug-likeness (QED) is 0.713. The third-order valence-corrected chi connectivity index (χ3v) is 2.84. The van der Waals surface area contributed by atoms with Gasteiger partial charge in [0.05, 0.1) is 0 Å². The number of halogens is 1.